The smallest absolute Gasteiger partial charge is 0.315 e. The Hall–Kier alpha value is -2.15. The van der Waals surface area contributed by atoms with Crippen LogP contribution in [0.2, 0.25) is 0 Å². The van der Waals surface area contributed by atoms with E-state index in [0.29, 0.717) is 18.8 Å². The van der Waals surface area contributed by atoms with E-state index in [0.717, 1.165) is 13.0 Å². The molecule has 150 valence electrons. The van der Waals surface area contributed by atoms with Crippen LogP contribution in [-0.4, -0.2) is 50.7 Å². The van der Waals surface area contributed by atoms with E-state index in [1.54, 1.807) is 21.9 Å². The van der Waals surface area contributed by atoms with Crippen LogP contribution in [0.15, 0.2) is 24.3 Å². The molecule has 2 rings (SSSR count). The number of hydrogen-bond donors (Lipinski definition) is 3. The lowest BCUT2D eigenvalue weighted by Gasteiger charge is -2.19. The molecule has 1 aliphatic rings. The van der Waals surface area contributed by atoms with Gasteiger partial charge in [-0.15, -0.1) is 0 Å². The molecule has 0 bridgehead atoms. The number of rotatable bonds is 10. The van der Waals surface area contributed by atoms with Crippen molar-refractivity contribution in [3.8, 4) is 0 Å². The van der Waals surface area contributed by atoms with Crippen molar-refractivity contribution in [1.82, 2.24) is 10.6 Å². The molecular weight excluding hydrogens is 347 g/mol. The summed E-state index contributed by atoms with van der Waals surface area (Å²) in [5, 5.41) is 5.75. The molecule has 1 atom stereocenters. The molecule has 0 spiro atoms. The van der Waals surface area contributed by atoms with Gasteiger partial charge in [-0.05, 0) is 37.1 Å². The van der Waals surface area contributed by atoms with Crippen molar-refractivity contribution in [3.63, 3.8) is 0 Å². The summed E-state index contributed by atoms with van der Waals surface area (Å²) in [5.41, 5.74) is 0.654. The van der Waals surface area contributed by atoms with Crippen molar-refractivity contribution in [2.24, 2.45) is 0 Å². The van der Waals surface area contributed by atoms with Gasteiger partial charge in [0.1, 0.15) is 5.82 Å². The number of nitrogens with zero attached hydrogens (tertiary/aromatic N) is 1. The van der Waals surface area contributed by atoms with Crippen LogP contribution in [0, 0.1) is 5.82 Å². The maximum atomic E-state index is 13.0. The molecule has 3 amide bonds. The van der Waals surface area contributed by atoms with Gasteiger partial charge in [-0.2, -0.15) is 0 Å². The Morgan fingerprint density at radius 1 is 1.19 bits per heavy atom. The number of carbonyl (C=O) groups excluding carboxylic acids is 2. The van der Waals surface area contributed by atoms with Crippen molar-refractivity contribution in [1.29, 1.82) is 0 Å². The molecule has 0 aliphatic carbocycles. The maximum absolute atomic E-state index is 13.0. The highest BCUT2D eigenvalue weighted by molar-refractivity contribution is 5.96. The number of benzene rings is 1. The van der Waals surface area contributed by atoms with Crippen molar-refractivity contribution >= 4 is 17.6 Å². The Balaban J connectivity index is 1.70. The summed E-state index contributed by atoms with van der Waals surface area (Å²) < 4.78 is 13.0. The second-order valence-electron chi connectivity index (χ2n) is 7.14. The van der Waals surface area contributed by atoms with Crippen LogP contribution in [0.3, 0.4) is 0 Å². The van der Waals surface area contributed by atoms with Crippen molar-refractivity contribution in [2.45, 2.75) is 45.6 Å². The molecule has 7 heteroatoms. The van der Waals surface area contributed by atoms with Gasteiger partial charge >= 0.3 is 6.03 Å². The molecule has 1 fully saturated rings. The molecule has 1 aliphatic heterocycles. The normalized spacial score (nSPS) is 16.8. The second-order valence-corrected chi connectivity index (χ2v) is 7.14. The van der Waals surface area contributed by atoms with Crippen LogP contribution in [0.5, 0.6) is 0 Å². The predicted octanol–water partition coefficient (Wildman–Crippen LogP) is 1.33. The number of carbonyl (C=O) groups is 2. The first kappa shape index (κ1) is 21.2. The van der Waals surface area contributed by atoms with Crippen LogP contribution in [0.25, 0.3) is 0 Å². The monoisotopic (exact) mass is 379 g/mol. The van der Waals surface area contributed by atoms with Gasteiger partial charge in [0.05, 0.1) is 25.7 Å². The lowest BCUT2D eigenvalue weighted by molar-refractivity contribution is -0.900. The van der Waals surface area contributed by atoms with Gasteiger partial charge in [-0.1, -0.05) is 13.8 Å². The van der Waals surface area contributed by atoms with Crippen LogP contribution < -0.4 is 20.4 Å². The van der Waals surface area contributed by atoms with E-state index in [9.17, 15) is 14.0 Å². The van der Waals surface area contributed by atoms with Crippen molar-refractivity contribution in [2.75, 3.05) is 37.6 Å². The fourth-order valence-corrected chi connectivity index (χ4v) is 3.53. The third-order valence-corrected chi connectivity index (χ3v) is 4.80. The number of amides is 3. The van der Waals surface area contributed by atoms with Crippen LogP contribution >= 0.6 is 0 Å². The summed E-state index contributed by atoms with van der Waals surface area (Å²) in [6.07, 6.45) is 3.54. The van der Waals surface area contributed by atoms with E-state index in [1.165, 1.54) is 38.1 Å². The largest absolute Gasteiger partial charge is 0.338 e. The van der Waals surface area contributed by atoms with Gasteiger partial charge in [-0.3, -0.25) is 4.79 Å². The Labute approximate surface area is 161 Å². The highest BCUT2D eigenvalue weighted by atomic mass is 19.1. The summed E-state index contributed by atoms with van der Waals surface area (Å²) >= 11 is 0. The van der Waals surface area contributed by atoms with Gasteiger partial charge < -0.3 is 20.4 Å². The first-order chi connectivity index (χ1) is 13.0. The van der Waals surface area contributed by atoms with Gasteiger partial charge in [0, 0.05) is 31.6 Å². The summed E-state index contributed by atoms with van der Waals surface area (Å²) in [6, 6.07) is 5.36. The number of nitrogens with one attached hydrogen (secondary N) is 3. The van der Waals surface area contributed by atoms with Gasteiger partial charge in [0.15, 0.2) is 0 Å². The topological polar surface area (TPSA) is 65.9 Å². The zero-order valence-corrected chi connectivity index (χ0v) is 16.4. The molecule has 0 saturated carbocycles. The predicted molar refractivity (Wildman–Crippen MR) is 104 cm³/mol. The molecule has 27 heavy (non-hydrogen) atoms. The third-order valence-electron chi connectivity index (χ3n) is 4.80. The van der Waals surface area contributed by atoms with Crippen LogP contribution in [0.4, 0.5) is 14.9 Å². The minimum Gasteiger partial charge on any atom is -0.338 e. The first-order valence-corrected chi connectivity index (χ1v) is 9.97. The highest BCUT2D eigenvalue weighted by Gasteiger charge is 2.31. The summed E-state index contributed by atoms with van der Waals surface area (Å²) in [7, 11) is 0. The Bertz CT molecular complexity index is 603. The van der Waals surface area contributed by atoms with Crippen molar-refractivity contribution in [3.05, 3.63) is 30.1 Å². The van der Waals surface area contributed by atoms with E-state index in [1.807, 2.05) is 0 Å². The third kappa shape index (κ3) is 6.82. The molecule has 1 heterocycles. The Morgan fingerprint density at radius 3 is 2.48 bits per heavy atom. The standard InChI is InChI=1S/C20H31FN4O2/c1-3-11-24(12-4-2)13-5-10-22-20(27)23-17-14-19(26)25(15-17)18-8-6-16(21)7-9-18/h6-9,17H,3-5,10-15H2,1-2H3,(H2,22,23,27)/p+1/t17-/m1/s1. The molecule has 0 aromatic heterocycles. The molecule has 1 saturated heterocycles. The van der Waals surface area contributed by atoms with E-state index in [-0.39, 0.29) is 30.2 Å². The Kier molecular flexibility index (Phi) is 8.51. The van der Waals surface area contributed by atoms with Crippen LogP contribution in [-0.2, 0) is 4.79 Å². The zero-order chi connectivity index (χ0) is 19.6. The number of quaternary nitrogens is 1. The van der Waals surface area contributed by atoms with Gasteiger partial charge in [-0.25, -0.2) is 9.18 Å². The van der Waals surface area contributed by atoms with Gasteiger partial charge in [0.2, 0.25) is 5.91 Å². The average Bonchev–Trinajstić information content (AvgIpc) is 2.99. The van der Waals surface area contributed by atoms with E-state index in [2.05, 4.69) is 24.5 Å². The summed E-state index contributed by atoms with van der Waals surface area (Å²) in [6.45, 7) is 8.82. The number of hydrogen-bond acceptors (Lipinski definition) is 2. The zero-order valence-electron chi connectivity index (χ0n) is 16.4. The lowest BCUT2D eigenvalue weighted by Crippen LogP contribution is -3.12. The average molecular weight is 380 g/mol. The fourth-order valence-electron chi connectivity index (χ4n) is 3.53. The quantitative estimate of drug-likeness (QED) is 0.537. The number of anilines is 1. The molecule has 0 unspecified atom stereocenters. The molecule has 6 nitrogen and oxygen atoms in total. The molecular formula is C20H32FN4O2+. The summed E-state index contributed by atoms with van der Waals surface area (Å²) in [4.78, 5) is 27.4. The van der Waals surface area contributed by atoms with Crippen LogP contribution in [0.1, 0.15) is 39.5 Å². The number of urea groups is 1. The molecule has 1 aromatic rings. The van der Waals surface area contributed by atoms with E-state index < -0.39 is 0 Å². The lowest BCUT2D eigenvalue weighted by atomic mass is 10.2. The second kappa shape index (κ2) is 10.9. The van der Waals surface area contributed by atoms with Crippen molar-refractivity contribution < 1.29 is 18.9 Å². The molecule has 1 aromatic carbocycles. The number of halogens is 1. The van der Waals surface area contributed by atoms with E-state index >= 15 is 0 Å². The SMILES string of the molecule is CCC[NH+](CCC)CCCNC(=O)N[C@@H]1CC(=O)N(c2ccc(F)cc2)C1. The molecule has 3 N–H and O–H groups in total. The maximum Gasteiger partial charge on any atom is 0.315 e. The Morgan fingerprint density at radius 2 is 1.85 bits per heavy atom. The fraction of sp³-hybridized carbons (Fsp3) is 0.600. The molecule has 0 radical (unpaired) electrons. The minimum atomic E-state index is -0.335. The minimum absolute atomic E-state index is 0.0646. The first-order valence-electron chi connectivity index (χ1n) is 9.97. The van der Waals surface area contributed by atoms with Gasteiger partial charge in [0.25, 0.3) is 0 Å². The highest BCUT2D eigenvalue weighted by Crippen LogP contribution is 2.21. The van der Waals surface area contributed by atoms with E-state index in [4.69, 9.17) is 0 Å². The summed E-state index contributed by atoms with van der Waals surface area (Å²) in [5.74, 6) is -0.400.